The number of imide groups is 1. The van der Waals surface area contributed by atoms with E-state index in [1.807, 2.05) is 0 Å². The van der Waals surface area contributed by atoms with Gasteiger partial charge in [0.05, 0.1) is 0 Å². The number of halogens is 1. The molecule has 0 aliphatic heterocycles. The predicted molar refractivity (Wildman–Crippen MR) is 129 cm³/mol. The first-order valence-electron chi connectivity index (χ1n) is 11.2. The van der Waals surface area contributed by atoms with E-state index in [0.717, 1.165) is 0 Å². The number of hydrogen-bond donors (Lipinski definition) is 2. The Labute approximate surface area is 210 Å². The molecule has 35 heavy (non-hydrogen) atoms. The van der Waals surface area contributed by atoms with E-state index in [0.29, 0.717) is 17.0 Å². The van der Waals surface area contributed by atoms with Crippen molar-refractivity contribution in [3.05, 3.63) is 34.9 Å². The van der Waals surface area contributed by atoms with Gasteiger partial charge in [0.2, 0.25) is 0 Å². The van der Waals surface area contributed by atoms with Crippen molar-refractivity contribution in [2.45, 2.75) is 84.2 Å². The largest absolute Gasteiger partial charge is 0.479 e. The molecule has 0 heterocycles. The highest BCUT2D eigenvalue weighted by molar-refractivity contribution is 6.31. The third-order valence-electron chi connectivity index (χ3n) is 4.53. The van der Waals surface area contributed by atoms with Crippen LogP contribution in [0.2, 0.25) is 5.02 Å². The van der Waals surface area contributed by atoms with E-state index in [1.165, 1.54) is 41.5 Å². The van der Waals surface area contributed by atoms with E-state index < -0.39 is 47.3 Å². The van der Waals surface area contributed by atoms with Crippen molar-refractivity contribution in [2.24, 2.45) is 5.73 Å². The number of hydrogen-bond acceptors (Lipinski definition) is 8. The molecule has 0 spiro atoms. The average molecular weight is 515 g/mol. The lowest BCUT2D eigenvalue weighted by molar-refractivity contribution is -0.178. The van der Waals surface area contributed by atoms with E-state index >= 15 is 0 Å². The van der Waals surface area contributed by atoms with Crippen LogP contribution in [0.3, 0.4) is 0 Å². The summed E-state index contributed by atoms with van der Waals surface area (Å²) >= 11 is 6.11. The SMILES string of the molecule is CC(C)(C)OC(=O)N(C(=O)OCc1ccccc1Cl)[C@@](CCCCN)(C(=O)O)C(=O)OC(C)(C)C. The van der Waals surface area contributed by atoms with Crippen LogP contribution >= 0.6 is 11.6 Å². The Balaban J connectivity index is 3.59. The zero-order valence-corrected chi connectivity index (χ0v) is 21.8. The van der Waals surface area contributed by atoms with Crippen molar-refractivity contribution < 1.29 is 38.5 Å². The van der Waals surface area contributed by atoms with E-state index in [4.69, 9.17) is 31.5 Å². The second kappa shape index (κ2) is 12.2. The molecule has 0 radical (unpaired) electrons. The Hall–Kier alpha value is -2.85. The zero-order chi connectivity index (χ0) is 27.0. The first-order chi connectivity index (χ1) is 16.0. The van der Waals surface area contributed by atoms with Crippen LogP contribution in [0.25, 0.3) is 0 Å². The van der Waals surface area contributed by atoms with Gasteiger partial charge in [0.15, 0.2) is 0 Å². The van der Waals surface area contributed by atoms with Crippen LogP contribution in [0.1, 0.15) is 66.4 Å². The van der Waals surface area contributed by atoms with Gasteiger partial charge < -0.3 is 25.1 Å². The van der Waals surface area contributed by atoms with Gasteiger partial charge in [-0.25, -0.2) is 19.2 Å². The fourth-order valence-corrected chi connectivity index (χ4v) is 3.19. The molecule has 1 rings (SSSR count). The Morgan fingerprint density at radius 2 is 1.51 bits per heavy atom. The standard InChI is InChI=1S/C24H35ClN2O8/c1-22(2,3)34-19(30)24(18(28)29,13-9-10-14-26)27(21(32)35-23(4,5)6)20(31)33-15-16-11-7-8-12-17(16)25/h7-8,11-12H,9-10,13-15,26H2,1-6H3,(H,28,29)/t24-/m0/s1. The van der Waals surface area contributed by atoms with E-state index in [1.54, 1.807) is 24.3 Å². The minimum absolute atomic E-state index is 0.0964. The van der Waals surface area contributed by atoms with E-state index in [9.17, 15) is 24.3 Å². The Morgan fingerprint density at radius 1 is 0.943 bits per heavy atom. The van der Waals surface area contributed by atoms with Gasteiger partial charge >= 0.3 is 24.1 Å². The summed E-state index contributed by atoms with van der Waals surface area (Å²) in [5, 5.41) is 10.6. The predicted octanol–water partition coefficient (Wildman–Crippen LogP) is 4.51. The van der Waals surface area contributed by atoms with Crippen LogP contribution in [0.15, 0.2) is 24.3 Å². The van der Waals surface area contributed by atoms with E-state index in [-0.39, 0.29) is 24.5 Å². The van der Waals surface area contributed by atoms with Crippen molar-refractivity contribution >= 4 is 35.7 Å². The first kappa shape index (κ1) is 30.2. The number of aliphatic carboxylic acids is 1. The molecule has 1 aromatic carbocycles. The maximum absolute atomic E-state index is 13.3. The number of carboxylic acids is 1. The average Bonchev–Trinajstić information content (AvgIpc) is 2.69. The topological polar surface area (TPSA) is 145 Å². The number of carbonyl (C=O) groups excluding carboxylic acids is 3. The maximum Gasteiger partial charge on any atom is 0.421 e. The highest BCUT2D eigenvalue weighted by atomic mass is 35.5. The van der Waals surface area contributed by atoms with Crippen LogP contribution in [0, 0.1) is 0 Å². The molecular weight excluding hydrogens is 480 g/mol. The molecule has 0 unspecified atom stereocenters. The van der Waals surface area contributed by atoms with Gasteiger partial charge in [0.1, 0.15) is 17.8 Å². The number of ether oxygens (including phenoxy) is 3. The number of nitrogens with two attached hydrogens (primary N) is 1. The Bertz CT molecular complexity index is 923. The summed E-state index contributed by atoms with van der Waals surface area (Å²) in [6, 6.07) is 6.50. The molecular formula is C24H35ClN2O8. The van der Waals surface area contributed by atoms with Gasteiger partial charge in [-0.05, 0) is 73.4 Å². The van der Waals surface area contributed by atoms with Crippen molar-refractivity contribution in [1.29, 1.82) is 0 Å². The van der Waals surface area contributed by atoms with Crippen molar-refractivity contribution in [3.63, 3.8) is 0 Å². The smallest absolute Gasteiger partial charge is 0.421 e. The molecule has 196 valence electrons. The lowest BCUT2D eigenvalue weighted by Gasteiger charge is -2.38. The van der Waals surface area contributed by atoms with Crippen LogP contribution in [-0.2, 0) is 30.4 Å². The number of amides is 2. The zero-order valence-electron chi connectivity index (χ0n) is 21.1. The number of nitrogens with zero attached hydrogens (tertiary/aromatic N) is 1. The van der Waals surface area contributed by atoms with E-state index in [2.05, 4.69) is 0 Å². The quantitative estimate of drug-likeness (QED) is 0.210. The number of unbranched alkanes of at least 4 members (excludes halogenated alkanes) is 1. The number of rotatable bonds is 9. The molecule has 1 aromatic rings. The minimum Gasteiger partial charge on any atom is -0.479 e. The Morgan fingerprint density at radius 3 is 2.00 bits per heavy atom. The Kier molecular flexibility index (Phi) is 10.5. The normalized spacial score (nSPS) is 13.4. The molecule has 0 aromatic heterocycles. The van der Waals surface area contributed by atoms with Crippen molar-refractivity contribution in [2.75, 3.05) is 6.54 Å². The second-order valence-corrected chi connectivity index (χ2v) is 10.3. The molecule has 11 heteroatoms. The first-order valence-corrected chi connectivity index (χ1v) is 11.5. The fourth-order valence-electron chi connectivity index (χ4n) is 3.00. The molecule has 1 atom stereocenters. The third kappa shape index (κ3) is 8.70. The lowest BCUT2D eigenvalue weighted by Crippen LogP contribution is -2.66. The summed E-state index contributed by atoms with van der Waals surface area (Å²) in [4.78, 5) is 52.7. The lowest BCUT2D eigenvalue weighted by atomic mass is 9.90. The molecule has 0 saturated heterocycles. The molecule has 2 amide bonds. The van der Waals surface area contributed by atoms with Crippen LogP contribution in [0.4, 0.5) is 9.59 Å². The maximum atomic E-state index is 13.3. The third-order valence-corrected chi connectivity index (χ3v) is 4.90. The van der Waals surface area contributed by atoms with Crippen molar-refractivity contribution in [3.8, 4) is 0 Å². The van der Waals surface area contributed by atoms with Gasteiger partial charge in [-0.15, -0.1) is 0 Å². The summed E-state index contributed by atoms with van der Waals surface area (Å²) in [5.41, 5.74) is 0.957. The minimum atomic E-state index is -2.76. The number of carbonyl (C=O) groups is 4. The summed E-state index contributed by atoms with van der Waals surface area (Å²) in [6.45, 7) is 9.01. The molecule has 0 aliphatic rings. The molecule has 0 saturated carbocycles. The van der Waals surface area contributed by atoms with Gasteiger partial charge in [-0.2, -0.15) is 4.90 Å². The monoisotopic (exact) mass is 514 g/mol. The fraction of sp³-hybridized carbons (Fsp3) is 0.583. The van der Waals surface area contributed by atoms with Gasteiger partial charge in [0.25, 0.3) is 5.54 Å². The highest BCUT2D eigenvalue weighted by Crippen LogP contribution is 2.31. The van der Waals surface area contributed by atoms with Gasteiger partial charge in [0, 0.05) is 10.6 Å². The summed E-state index contributed by atoms with van der Waals surface area (Å²) in [7, 11) is 0. The van der Waals surface area contributed by atoms with Crippen LogP contribution in [0.5, 0.6) is 0 Å². The summed E-state index contributed by atoms with van der Waals surface area (Å²) in [6.07, 6.45) is -2.81. The van der Waals surface area contributed by atoms with Gasteiger partial charge in [-0.3, -0.25) is 0 Å². The molecule has 0 aliphatic carbocycles. The van der Waals surface area contributed by atoms with Crippen molar-refractivity contribution in [1.82, 2.24) is 4.90 Å². The van der Waals surface area contributed by atoms with Crippen LogP contribution in [-0.4, -0.2) is 57.4 Å². The molecule has 0 bridgehead atoms. The van der Waals surface area contributed by atoms with Crippen LogP contribution < -0.4 is 5.73 Å². The number of benzene rings is 1. The summed E-state index contributed by atoms with van der Waals surface area (Å²) in [5.74, 6) is -3.08. The molecule has 0 fully saturated rings. The second-order valence-electron chi connectivity index (χ2n) is 9.87. The number of esters is 1. The molecule has 10 nitrogen and oxygen atoms in total. The summed E-state index contributed by atoms with van der Waals surface area (Å²) < 4.78 is 15.9. The number of carboxylic acid groups (broad SMARTS) is 1. The highest BCUT2D eigenvalue weighted by Gasteiger charge is 2.59. The van der Waals surface area contributed by atoms with Gasteiger partial charge in [-0.1, -0.05) is 29.8 Å². The molecule has 3 N–H and O–H groups in total.